The molecule has 2 aromatic carbocycles. The van der Waals surface area contributed by atoms with Gasteiger partial charge in [-0.3, -0.25) is 4.99 Å². The predicted octanol–water partition coefficient (Wildman–Crippen LogP) is 4.05. The van der Waals surface area contributed by atoms with E-state index in [1.807, 2.05) is 37.3 Å². The Bertz CT molecular complexity index is 827. The number of methoxy groups -OCH3 is 1. The highest BCUT2D eigenvalue weighted by Gasteiger charge is 2.20. The third-order valence-electron chi connectivity index (χ3n) is 5.19. The van der Waals surface area contributed by atoms with E-state index < -0.39 is 0 Å². The number of anilines is 1. The van der Waals surface area contributed by atoms with Crippen molar-refractivity contribution < 1.29 is 13.9 Å². The molecule has 0 saturated carbocycles. The number of halogens is 2. The molecule has 3 rings (SSSR count). The average molecular weight is 542 g/mol. The van der Waals surface area contributed by atoms with Crippen molar-refractivity contribution >= 4 is 35.6 Å². The van der Waals surface area contributed by atoms with E-state index in [1.165, 1.54) is 6.07 Å². The van der Waals surface area contributed by atoms with Crippen LogP contribution in [0.1, 0.15) is 19.8 Å². The van der Waals surface area contributed by atoms with Gasteiger partial charge in [0, 0.05) is 31.9 Å². The second-order valence-electron chi connectivity index (χ2n) is 7.44. The Balaban J connectivity index is 0.00000341. The van der Waals surface area contributed by atoms with Crippen LogP contribution in [0.15, 0.2) is 53.5 Å². The van der Waals surface area contributed by atoms with Crippen molar-refractivity contribution in [1.29, 1.82) is 0 Å². The molecule has 0 aromatic heterocycles. The number of hydrogen-bond donors (Lipinski definition) is 2. The summed E-state index contributed by atoms with van der Waals surface area (Å²) in [7, 11) is 3.42. The van der Waals surface area contributed by atoms with Gasteiger partial charge in [-0.15, -0.1) is 24.0 Å². The van der Waals surface area contributed by atoms with Crippen molar-refractivity contribution in [3.05, 3.63) is 54.3 Å². The van der Waals surface area contributed by atoms with Crippen molar-refractivity contribution in [2.24, 2.45) is 4.99 Å². The van der Waals surface area contributed by atoms with Gasteiger partial charge in [-0.25, -0.2) is 4.39 Å². The van der Waals surface area contributed by atoms with Gasteiger partial charge in [0.15, 0.2) is 5.96 Å². The van der Waals surface area contributed by atoms with Crippen LogP contribution in [0.2, 0.25) is 0 Å². The highest BCUT2D eigenvalue weighted by molar-refractivity contribution is 14.0. The van der Waals surface area contributed by atoms with Crippen LogP contribution in [0, 0.1) is 5.82 Å². The molecule has 6 nitrogen and oxygen atoms in total. The maximum absolute atomic E-state index is 13.5. The average Bonchev–Trinajstić information content (AvgIpc) is 2.77. The van der Waals surface area contributed by atoms with Gasteiger partial charge in [-0.1, -0.05) is 6.07 Å². The predicted molar refractivity (Wildman–Crippen MR) is 135 cm³/mol. The minimum absolute atomic E-state index is 0. The molecule has 2 aromatic rings. The highest BCUT2D eigenvalue weighted by Crippen LogP contribution is 2.21. The molecule has 2 N–H and O–H groups in total. The molecule has 1 saturated heterocycles. The number of aliphatic imine (C=N–C) groups is 1. The summed E-state index contributed by atoms with van der Waals surface area (Å²) >= 11 is 0. The van der Waals surface area contributed by atoms with Crippen molar-refractivity contribution in [2.75, 3.05) is 38.7 Å². The molecular weight excluding hydrogens is 510 g/mol. The number of benzene rings is 2. The fraction of sp³-hybridized carbons (Fsp3) is 0.435. The van der Waals surface area contributed by atoms with Crippen molar-refractivity contribution in [3.8, 4) is 11.5 Å². The number of piperidine rings is 1. The second kappa shape index (κ2) is 12.6. The first-order chi connectivity index (χ1) is 14.6. The topological polar surface area (TPSA) is 58.1 Å². The summed E-state index contributed by atoms with van der Waals surface area (Å²) in [6.07, 6.45) is 1.91. The van der Waals surface area contributed by atoms with Gasteiger partial charge in [0.25, 0.3) is 0 Å². The zero-order valence-corrected chi connectivity index (χ0v) is 20.6. The third kappa shape index (κ3) is 7.75. The fourth-order valence-electron chi connectivity index (χ4n) is 3.51. The summed E-state index contributed by atoms with van der Waals surface area (Å²) in [5.41, 5.74) is 0.945. The first kappa shape index (κ1) is 25.0. The van der Waals surface area contributed by atoms with Crippen LogP contribution in [0.4, 0.5) is 10.1 Å². The molecule has 8 heteroatoms. The van der Waals surface area contributed by atoms with Crippen molar-refractivity contribution in [3.63, 3.8) is 0 Å². The molecule has 1 aliphatic rings. The van der Waals surface area contributed by atoms with Crippen LogP contribution >= 0.6 is 24.0 Å². The van der Waals surface area contributed by atoms with Crippen molar-refractivity contribution in [1.82, 2.24) is 10.6 Å². The minimum atomic E-state index is -0.191. The Morgan fingerprint density at radius 3 is 2.45 bits per heavy atom. The lowest BCUT2D eigenvalue weighted by Gasteiger charge is -2.34. The SMILES string of the molecule is CN=C(NCC(C)Oc1ccc(OC)cc1)NC1CCN(c2cccc(F)c2)CC1.I. The Morgan fingerprint density at radius 2 is 1.84 bits per heavy atom. The van der Waals surface area contributed by atoms with Crippen LogP contribution in [-0.2, 0) is 0 Å². The van der Waals surface area contributed by atoms with Crippen molar-refractivity contribution in [2.45, 2.75) is 31.9 Å². The number of guanidine groups is 1. The van der Waals surface area contributed by atoms with E-state index in [0.717, 1.165) is 49.1 Å². The summed E-state index contributed by atoms with van der Waals surface area (Å²) in [6, 6.07) is 14.7. The first-order valence-corrected chi connectivity index (χ1v) is 10.4. The van der Waals surface area contributed by atoms with Gasteiger partial charge in [-0.05, 0) is 62.2 Å². The molecule has 1 heterocycles. The molecule has 1 fully saturated rings. The summed E-state index contributed by atoms with van der Waals surface area (Å²) in [4.78, 5) is 6.56. The van der Waals surface area contributed by atoms with Crippen LogP contribution < -0.4 is 25.0 Å². The maximum atomic E-state index is 13.5. The van der Waals surface area contributed by atoms with E-state index in [4.69, 9.17) is 9.47 Å². The number of ether oxygens (including phenoxy) is 2. The monoisotopic (exact) mass is 542 g/mol. The summed E-state index contributed by atoms with van der Waals surface area (Å²) in [6.45, 7) is 4.42. The largest absolute Gasteiger partial charge is 0.497 e. The van der Waals surface area contributed by atoms with E-state index in [0.29, 0.717) is 12.6 Å². The van der Waals surface area contributed by atoms with Gasteiger partial charge in [-0.2, -0.15) is 0 Å². The Hall–Kier alpha value is -2.23. The van der Waals surface area contributed by atoms with E-state index in [1.54, 1.807) is 26.3 Å². The molecule has 0 spiro atoms. The lowest BCUT2D eigenvalue weighted by Crippen LogP contribution is -2.50. The summed E-state index contributed by atoms with van der Waals surface area (Å²) < 4.78 is 24.6. The van der Waals surface area contributed by atoms with E-state index in [2.05, 4.69) is 20.5 Å². The van der Waals surface area contributed by atoms with Crippen LogP contribution in [0.3, 0.4) is 0 Å². The van der Waals surface area contributed by atoms with Gasteiger partial charge < -0.3 is 25.0 Å². The van der Waals surface area contributed by atoms with Gasteiger partial charge in [0.2, 0.25) is 0 Å². The van der Waals surface area contributed by atoms with E-state index >= 15 is 0 Å². The Kier molecular flexibility index (Phi) is 10.2. The van der Waals surface area contributed by atoms with Crippen LogP contribution in [0.25, 0.3) is 0 Å². The highest BCUT2D eigenvalue weighted by atomic mass is 127. The minimum Gasteiger partial charge on any atom is -0.497 e. The normalized spacial score (nSPS) is 15.6. The van der Waals surface area contributed by atoms with Gasteiger partial charge in [0.1, 0.15) is 23.4 Å². The summed E-state index contributed by atoms with van der Waals surface area (Å²) in [5, 5.41) is 6.83. The lowest BCUT2D eigenvalue weighted by atomic mass is 10.0. The summed E-state index contributed by atoms with van der Waals surface area (Å²) in [5.74, 6) is 2.19. The molecule has 1 atom stereocenters. The molecule has 0 amide bonds. The molecule has 1 unspecified atom stereocenters. The van der Waals surface area contributed by atoms with E-state index in [9.17, 15) is 4.39 Å². The maximum Gasteiger partial charge on any atom is 0.191 e. The molecule has 31 heavy (non-hydrogen) atoms. The molecule has 0 aliphatic carbocycles. The molecule has 0 radical (unpaired) electrons. The van der Waals surface area contributed by atoms with Crippen LogP contribution in [0.5, 0.6) is 11.5 Å². The van der Waals surface area contributed by atoms with Gasteiger partial charge in [0.05, 0.1) is 13.7 Å². The lowest BCUT2D eigenvalue weighted by molar-refractivity contribution is 0.223. The fourth-order valence-corrected chi connectivity index (χ4v) is 3.51. The van der Waals surface area contributed by atoms with Crippen LogP contribution in [-0.4, -0.2) is 51.9 Å². The standard InChI is InChI=1S/C23H31FN4O2.HI/c1-17(30-22-9-7-21(29-3)8-10-22)16-26-23(25-2)27-19-11-13-28(14-12-19)20-6-4-5-18(24)15-20;/h4-10,15,17,19H,11-14,16H2,1-3H3,(H2,25,26,27);1H. The molecular formula is C23H32FIN4O2. The number of nitrogens with one attached hydrogen (secondary N) is 2. The second-order valence-corrected chi connectivity index (χ2v) is 7.44. The number of rotatable bonds is 7. The third-order valence-corrected chi connectivity index (χ3v) is 5.19. The Morgan fingerprint density at radius 1 is 1.16 bits per heavy atom. The number of nitrogens with zero attached hydrogens (tertiary/aromatic N) is 2. The number of hydrogen-bond acceptors (Lipinski definition) is 4. The van der Waals surface area contributed by atoms with E-state index in [-0.39, 0.29) is 35.9 Å². The van der Waals surface area contributed by atoms with Gasteiger partial charge >= 0.3 is 0 Å². The quantitative estimate of drug-likeness (QED) is 0.314. The molecule has 0 bridgehead atoms. The zero-order valence-electron chi connectivity index (χ0n) is 18.3. The first-order valence-electron chi connectivity index (χ1n) is 10.4. The molecule has 170 valence electrons. The molecule has 1 aliphatic heterocycles. The Labute approximate surface area is 201 Å². The zero-order chi connectivity index (χ0) is 21.3. The smallest absolute Gasteiger partial charge is 0.191 e.